The zero-order valence-corrected chi connectivity index (χ0v) is 20.9. The van der Waals surface area contributed by atoms with Crippen LogP contribution in [0.1, 0.15) is 16.9 Å². The maximum absolute atomic E-state index is 13.6. The van der Waals surface area contributed by atoms with Gasteiger partial charge in [0.1, 0.15) is 4.83 Å². The number of hydrogen-bond donors (Lipinski definition) is 1. The second-order valence-electron chi connectivity index (χ2n) is 7.51. The van der Waals surface area contributed by atoms with Gasteiger partial charge in [-0.2, -0.15) is 0 Å². The van der Waals surface area contributed by atoms with Crippen molar-refractivity contribution < 1.29 is 4.79 Å². The molecule has 0 bridgehead atoms. The first-order valence-electron chi connectivity index (χ1n) is 10.1. The highest BCUT2D eigenvalue weighted by Crippen LogP contribution is 2.36. The molecule has 10 heteroatoms. The van der Waals surface area contributed by atoms with Gasteiger partial charge >= 0.3 is 0 Å². The molecule has 0 saturated carbocycles. The Labute approximate surface area is 212 Å². The van der Waals surface area contributed by atoms with Gasteiger partial charge in [-0.15, -0.1) is 11.3 Å². The van der Waals surface area contributed by atoms with Crippen LogP contribution in [0.25, 0.3) is 15.9 Å². The Morgan fingerprint density at radius 1 is 1.09 bits per heavy atom. The third kappa shape index (κ3) is 4.53. The zero-order valence-electron chi connectivity index (χ0n) is 17.0. The molecule has 0 radical (unpaired) electrons. The molecule has 1 N–H and O–H groups in total. The summed E-state index contributed by atoms with van der Waals surface area (Å²) in [7, 11) is 0. The molecule has 1 amide bonds. The molecule has 0 fully saturated rings. The van der Waals surface area contributed by atoms with Gasteiger partial charge in [0.15, 0.2) is 5.16 Å². The van der Waals surface area contributed by atoms with Crippen molar-refractivity contribution in [2.75, 3.05) is 11.1 Å². The monoisotopic (exact) mass is 535 g/mol. The fraction of sp³-hybridized carbons (Fsp3) is 0.174. The van der Waals surface area contributed by atoms with Crippen molar-refractivity contribution in [1.29, 1.82) is 0 Å². The van der Waals surface area contributed by atoms with Gasteiger partial charge in [-0.1, -0.05) is 46.6 Å². The van der Waals surface area contributed by atoms with Crippen molar-refractivity contribution >= 4 is 79.7 Å². The molecule has 1 aliphatic rings. The molecule has 2 aromatic carbocycles. The molecule has 5 nitrogen and oxygen atoms in total. The molecule has 4 aromatic rings. The number of carbonyl (C=O) groups excluding carboxylic acids is 1. The zero-order chi connectivity index (χ0) is 23.1. The van der Waals surface area contributed by atoms with E-state index in [2.05, 4.69) is 5.32 Å². The number of aromatic nitrogens is 2. The predicted molar refractivity (Wildman–Crippen MR) is 138 cm³/mol. The number of halogens is 3. The van der Waals surface area contributed by atoms with Gasteiger partial charge in [-0.05, 0) is 67.3 Å². The van der Waals surface area contributed by atoms with E-state index in [0.717, 1.165) is 29.7 Å². The molecule has 0 saturated heterocycles. The number of fused-ring (bicyclic) bond motifs is 3. The molecule has 0 unspecified atom stereocenters. The van der Waals surface area contributed by atoms with Crippen LogP contribution < -0.4 is 10.9 Å². The van der Waals surface area contributed by atoms with E-state index in [-0.39, 0.29) is 17.2 Å². The minimum atomic E-state index is -0.246. The van der Waals surface area contributed by atoms with Crippen molar-refractivity contribution in [3.05, 3.63) is 78.3 Å². The summed E-state index contributed by atoms with van der Waals surface area (Å²) in [5, 5.41) is 5.29. The number of anilines is 1. The van der Waals surface area contributed by atoms with Crippen LogP contribution in [0.15, 0.2) is 52.4 Å². The van der Waals surface area contributed by atoms with Gasteiger partial charge in [-0.3, -0.25) is 14.2 Å². The van der Waals surface area contributed by atoms with Gasteiger partial charge < -0.3 is 5.32 Å². The molecule has 33 heavy (non-hydrogen) atoms. The summed E-state index contributed by atoms with van der Waals surface area (Å²) in [5.41, 5.74) is 2.20. The van der Waals surface area contributed by atoms with E-state index >= 15 is 0 Å². The number of carbonyl (C=O) groups is 1. The van der Waals surface area contributed by atoms with Crippen molar-refractivity contribution in [3.8, 4) is 5.69 Å². The fourth-order valence-corrected chi connectivity index (χ4v) is 6.38. The maximum Gasteiger partial charge on any atom is 0.267 e. The summed E-state index contributed by atoms with van der Waals surface area (Å²) < 4.78 is 1.57. The highest BCUT2D eigenvalue weighted by molar-refractivity contribution is 7.99. The highest BCUT2D eigenvalue weighted by Gasteiger charge is 2.24. The smallest absolute Gasteiger partial charge is 0.267 e. The fourth-order valence-electron chi connectivity index (χ4n) is 3.84. The lowest BCUT2D eigenvalue weighted by Crippen LogP contribution is -2.23. The molecule has 0 atom stereocenters. The minimum Gasteiger partial charge on any atom is -0.325 e. The Morgan fingerprint density at radius 2 is 1.88 bits per heavy atom. The van der Waals surface area contributed by atoms with E-state index in [4.69, 9.17) is 39.8 Å². The lowest BCUT2D eigenvalue weighted by molar-refractivity contribution is -0.113. The Bertz CT molecular complexity index is 1450. The second kappa shape index (κ2) is 9.31. The van der Waals surface area contributed by atoms with Crippen molar-refractivity contribution in [3.63, 3.8) is 0 Å². The average Bonchev–Trinajstić information content (AvgIpc) is 3.37. The highest BCUT2D eigenvalue weighted by atomic mass is 35.5. The Kier molecular flexibility index (Phi) is 6.42. The Balaban J connectivity index is 1.49. The van der Waals surface area contributed by atoms with E-state index in [1.165, 1.54) is 16.6 Å². The number of nitrogens with zero attached hydrogens (tertiary/aromatic N) is 2. The van der Waals surface area contributed by atoms with Crippen LogP contribution in [-0.2, 0) is 17.6 Å². The normalized spacial score (nSPS) is 12.8. The summed E-state index contributed by atoms with van der Waals surface area (Å²) in [6, 6.07) is 11.9. The summed E-state index contributed by atoms with van der Waals surface area (Å²) >= 11 is 20.8. The lowest BCUT2D eigenvalue weighted by Gasteiger charge is -2.13. The second-order valence-corrected chi connectivity index (χ2v) is 10.8. The first kappa shape index (κ1) is 22.7. The van der Waals surface area contributed by atoms with E-state index in [9.17, 15) is 9.59 Å². The molecule has 2 aromatic heterocycles. The summed E-state index contributed by atoms with van der Waals surface area (Å²) in [6.07, 6.45) is 2.93. The van der Waals surface area contributed by atoms with Crippen LogP contribution >= 0.6 is 57.9 Å². The standard InChI is InChI=1S/C23H16Cl3N3O2S2/c24-12-4-7-14(8-5-12)29-22(31)20-15-2-1-3-18(15)33-21(20)28-23(29)32-11-19(30)27-13-6-9-16(25)17(26)10-13/h4-10H,1-3,11H2,(H,27,30). The SMILES string of the molecule is O=C(CSc1nc2sc3c(c2c(=O)n1-c1ccc(Cl)cc1)CCC3)Nc1ccc(Cl)c(Cl)c1. The molecular formula is C23H16Cl3N3O2S2. The molecular weight excluding hydrogens is 521 g/mol. The van der Waals surface area contributed by atoms with Crippen LogP contribution in [0.3, 0.4) is 0 Å². The predicted octanol–water partition coefficient (Wildman–Crippen LogP) is 6.63. The third-order valence-electron chi connectivity index (χ3n) is 5.33. The van der Waals surface area contributed by atoms with Gasteiger partial charge in [0.2, 0.25) is 5.91 Å². The number of amides is 1. The number of aryl methyl sites for hydroxylation is 2. The molecule has 5 rings (SSSR count). The molecule has 2 heterocycles. The number of thioether (sulfide) groups is 1. The van der Waals surface area contributed by atoms with Crippen LogP contribution in [0, 0.1) is 0 Å². The van der Waals surface area contributed by atoms with E-state index < -0.39 is 0 Å². The first-order chi connectivity index (χ1) is 15.9. The first-order valence-corrected chi connectivity index (χ1v) is 13.1. The van der Waals surface area contributed by atoms with E-state index in [1.807, 2.05) is 0 Å². The summed E-state index contributed by atoms with van der Waals surface area (Å²) in [5.74, 6) is -0.180. The lowest BCUT2D eigenvalue weighted by atomic mass is 10.2. The van der Waals surface area contributed by atoms with Gasteiger partial charge in [0.05, 0.1) is 26.9 Å². The van der Waals surface area contributed by atoms with Crippen molar-refractivity contribution in [2.24, 2.45) is 0 Å². The summed E-state index contributed by atoms with van der Waals surface area (Å²) in [6.45, 7) is 0. The molecule has 168 valence electrons. The van der Waals surface area contributed by atoms with Crippen molar-refractivity contribution in [1.82, 2.24) is 9.55 Å². The van der Waals surface area contributed by atoms with Crippen LogP contribution in [0.5, 0.6) is 0 Å². The molecule has 1 aliphatic carbocycles. The Hall–Kier alpha value is -2.03. The average molecular weight is 537 g/mol. The van der Waals surface area contributed by atoms with Gasteiger partial charge in [0.25, 0.3) is 5.56 Å². The van der Waals surface area contributed by atoms with Crippen LogP contribution in [0.2, 0.25) is 15.1 Å². The topological polar surface area (TPSA) is 64.0 Å². The van der Waals surface area contributed by atoms with E-state index in [1.54, 1.807) is 58.4 Å². The number of nitrogens with one attached hydrogen (secondary N) is 1. The number of rotatable bonds is 5. The molecule has 0 spiro atoms. The maximum atomic E-state index is 13.6. The summed E-state index contributed by atoms with van der Waals surface area (Å²) in [4.78, 5) is 33.0. The number of hydrogen-bond acceptors (Lipinski definition) is 5. The largest absolute Gasteiger partial charge is 0.325 e. The quantitative estimate of drug-likeness (QED) is 0.230. The van der Waals surface area contributed by atoms with Gasteiger partial charge in [-0.25, -0.2) is 4.98 Å². The number of thiophene rings is 1. The van der Waals surface area contributed by atoms with E-state index in [0.29, 0.717) is 37.0 Å². The van der Waals surface area contributed by atoms with Crippen LogP contribution in [-0.4, -0.2) is 21.2 Å². The Morgan fingerprint density at radius 3 is 2.64 bits per heavy atom. The van der Waals surface area contributed by atoms with Gasteiger partial charge in [0, 0.05) is 15.6 Å². The van der Waals surface area contributed by atoms with Crippen LogP contribution in [0.4, 0.5) is 5.69 Å². The third-order valence-corrected chi connectivity index (χ3v) is 8.44. The number of benzene rings is 2. The minimum absolute atomic E-state index is 0.0663. The van der Waals surface area contributed by atoms with Crippen molar-refractivity contribution in [2.45, 2.75) is 24.4 Å². The molecule has 0 aliphatic heterocycles.